The molecule has 0 aliphatic heterocycles. The first-order valence-electron chi connectivity index (χ1n) is 6.46. The minimum Gasteiger partial charge on any atom is -0.496 e. The lowest BCUT2D eigenvalue weighted by molar-refractivity contribution is 0.399. The fourth-order valence-corrected chi connectivity index (χ4v) is 2.19. The molecule has 1 heterocycles. The lowest BCUT2D eigenvalue weighted by atomic mass is 10.0. The van der Waals surface area contributed by atoms with E-state index in [2.05, 4.69) is 28.6 Å². The Morgan fingerprint density at radius 2 is 2.16 bits per heavy atom. The third kappa shape index (κ3) is 3.32. The molecule has 0 aliphatic carbocycles. The van der Waals surface area contributed by atoms with Gasteiger partial charge >= 0.3 is 0 Å². The number of aromatic nitrogens is 3. The van der Waals surface area contributed by atoms with Crippen LogP contribution in [0, 0.1) is 0 Å². The molecule has 0 saturated carbocycles. The summed E-state index contributed by atoms with van der Waals surface area (Å²) in [6.07, 6.45) is 2.74. The number of methoxy groups -OCH3 is 1. The minimum atomic E-state index is 0.179. The van der Waals surface area contributed by atoms with Gasteiger partial charge in [0.15, 0.2) is 0 Å². The van der Waals surface area contributed by atoms with Gasteiger partial charge in [-0.25, -0.2) is 0 Å². The molecule has 102 valence electrons. The molecule has 5 nitrogen and oxygen atoms in total. The second-order valence-electron chi connectivity index (χ2n) is 4.44. The second-order valence-corrected chi connectivity index (χ2v) is 4.44. The van der Waals surface area contributed by atoms with Crippen LogP contribution >= 0.6 is 0 Å². The molecule has 1 unspecified atom stereocenters. The molecule has 1 aromatic heterocycles. The van der Waals surface area contributed by atoms with Gasteiger partial charge in [0.05, 0.1) is 12.8 Å². The summed E-state index contributed by atoms with van der Waals surface area (Å²) in [4.78, 5) is 0. The van der Waals surface area contributed by atoms with Crippen molar-refractivity contribution in [3.8, 4) is 5.75 Å². The van der Waals surface area contributed by atoms with Crippen molar-refractivity contribution in [2.24, 2.45) is 7.05 Å². The number of nitrogens with one attached hydrogen (secondary N) is 1. The van der Waals surface area contributed by atoms with Crippen molar-refractivity contribution in [3.05, 3.63) is 41.7 Å². The first-order valence-corrected chi connectivity index (χ1v) is 6.46. The van der Waals surface area contributed by atoms with Crippen molar-refractivity contribution in [2.45, 2.75) is 19.4 Å². The Labute approximate surface area is 113 Å². The number of benzene rings is 1. The van der Waals surface area contributed by atoms with Crippen molar-refractivity contribution < 1.29 is 4.74 Å². The van der Waals surface area contributed by atoms with Crippen LogP contribution in [0.4, 0.5) is 0 Å². The Balaban J connectivity index is 2.23. The zero-order valence-electron chi connectivity index (χ0n) is 11.6. The van der Waals surface area contributed by atoms with Crippen LogP contribution in [0.3, 0.4) is 0 Å². The molecule has 0 bridgehead atoms. The van der Waals surface area contributed by atoms with Gasteiger partial charge in [0.25, 0.3) is 0 Å². The summed E-state index contributed by atoms with van der Waals surface area (Å²) in [5.74, 6) is 0.900. The van der Waals surface area contributed by atoms with Crippen LogP contribution < -0.4 is 10.1 Å². The summed E-state index contributed by atoms with van der Waals surface area (Å²) in [5, 5.41) is 11.6. The van der Waals surface area contributed by atoms with E-state index in [0.29, 0.717) is 0 Å². The van der Waals surface area contributed by atoms with E-state index in [1.807, 2.05) is 31.4 Å². The SMILES string of the molecule is CCNC(Cc1cn(C)nn1)c1ccccc1OC. The standard InChI is InChI=1S/C14H20N4O/c1-4-15-13(9-11-10-18(2)17-16-11)12-7-5-6-8-14(12)19-3/h5-8,10,13,15H,4,9H2,1-3H3. The summed E-state index contributed by atoms with van der Waals surface area (Å²) >= 11 is 0. The van der Waals surface area contributed by atoms with Crippen LogP contribution in [-0.4, -0.2) is 28.6 Å². The van der Waals surface area contributed by atoms with Crippen molar-refractivity contribution in [1.82, 2.24) is 20.3 Å². The number of nitrogens with zero attached hydrogens (tertiary/aromatic N) is 3. The number of hydrogen-bond acceptors (Lipinski definition) is 4. The van der Waals surface area contributed by atoms with Crippen LogP contribution in [0.5, 0.6) is 5.75 Å². The molecule has 0 spiro atoms. The van der Waals surface area contributed by atoms with Gasteiger partial charge in [-0.05, 0) is 12.6 Å². The van der Waals surface area contributed by atoms with E-state index in [9.17, 15) is 0 Å². The van der Waals surface area contributed by atoms with E-state index in [4.69, 9.17) is 4.74 Å². The maximum atomic E-state index is 5.43. The molecule has 0 fully saturated rings. The maximum Gasteiger partial charge on any atom is 0.123 e. The molecule has 0 radical (unpaired) electrons. The molecule has 19 heavy (non-hydrogen) atoms. The Bertz CT molecular complexity index is 524. The van der Waals surface area contributed by atoms with E-state index in [1.54, 1.807) is 11.8 Å². The summed E-state index contributed by atoms with van der Waals surface area (Å²) in [5.41, 5.74) is 2.12. The van der Waals surface area contributed by atoms with Crippen LogP contribution in [0.1, 0.15) is 24.2 Å². The fraction of sp³-hybridized carbons (Fsp3) is 0.429. The van der Waals surface area contributed by atoms with Gasteiger partial charge in [-0.1, -0.05) is 30.3 Å². The molecule has 1 atom stereocenters. The van der Waals surface area contributed by atoms with Crippen LogP contribution in [0.25, 0.3) is 0 Å². The lowest BCUT2D eigenvalue weighted by Gasteiger charge is -2.19. The normalized spacial score (nSPS) is 12.4. The average molecular weight is 260 g/mol. The second kappa shape index (κ2) is 6.33. The summed E-state index contributed by atoms with van der Waals surface area (Å²) in [6.45, 7) is 2.99. The highest BCUT2D eigenvalue weighted by molar-refractivity contribution is 5.36. The summed E-state index contributed by atoms with van der Waals surface area (Å²) < 4.78 is 7.16. The van der Waals surface area contributed by atoms with Crippen LogP contribution in [0.15, 0.2) is 30.5 Å². The van der Waals surface area contributed by atoms with Gasteiger partial charge < -0.3 is 10.1 Å². The number of hydrogen-bond donors (Lipinski definition) is 1. The first kappa shape index (κ1) is 13.5. The van der Waals surface area contributed by atoms with Gasteiger partial charge in [0, 0.05) is 31.3 Å². The van der Waals surface area contributed by atoms with E-state index in [0.717, 1.165) is 30.0 Å². The first-order chi connectivity index (χ1) is 9.24. The van der Waals surface area contributed by atoms with Crippen molar-refractivity contribution >= 4 is 0 Å². The highest BCUT2D eigenvalue weighted by atomic mass is 16.5. The molecule has 0 saturated heterocycles. The van der Waals surface area contributed by atoms with Crippen molar-refractivity contribution in [2.75, 3.05) is 13.7 Å². The van der Waals surface area contributed by atoms with Crippen molar-refractivity contribution in [1.29, 1.82) is 0 Å². The van der Waals surface area contributed by atoms with E-state index in [1.165, 1.54) is 0 Å². The molecule has 1 aromatic carbocycles. The predicted molar refractivity (Wildman–Crippen MR) is 74.1 cm³/mol. The highest BCUT2D eigenvalue weighted by Crippen LogP contribution is 2.26. The van der Waals surface area contributed by atoms with Crippen LogP contribution in [0.2, 0.25) is 0 Å². The predicted octanol–water partition coefficient (Wildman–Crippen LogP) is 1.72. The highest BCUT2D eigenvalue weighted by Gasteiger charge is 2.16. The number of aryl methyl sites for hydroxylation is 1. The van der Waals surface area contributed by atoms with Gasteiger partial charge in [0.1, 0.15) is 5.75 Å². The zero-order chi connectivity index (χ0) is 13.7. The Morgan fingerprint density at radius 1 is 1.37 bits per heavy atom. The number of likely N-dealkylation sites (N-methyl/N-ethyl adjacent to an activating group) is 1. The molecule has 1 N–H and O–H groups in total. The lowest BCUT2D eigenvalue weighted by Crippen LogP contribution is -2.23. The Morgan fingerprint density at radius 3 is 2.79 bits per heavy atom. The number of para-hydroxylation sites is 1. The monoisotopic (exact) mass is 260 g/mol. The largest absolute Gasteiger partial charge is 0.496 e. The smallest absolute Gasteiger partial charge is 0.123 e. The zero-order valence-corrected chi connectivity index (χ0v) is 11.6. The number of rotatable bonds is 6. The van der Waals surface area contributed by atoms with Gasteiger partial charge in [-0.3, -0.25) is 4.68 Å². The van der Waals surface area contributed by atoms with Crippen molar-refractivity contribution in [3.63, 3.8) is 0 Å². The molecule has 2 rings (SSSR count). The molecule has 0 amide bonds. The molecule has 5 heteroatoms. The third-order valence-electron chi connectivity index (χ3n) is 3.03. The van der Waals surface area contributed by atoms with E-state index in [-0.39, 0.29) is 6.04 Å². The van der Waals surface area contributed by atoms with Gasteiger partial charge in [-0.15, -0.1) is 5.10 Å². The molecule has 2 aromatic rings. The fourth-order valence-electron chi connectivity index (χ4n) is 2.19. The Hall–Kier alpha value is -1.88. The molecular weight excluding hydrogens is 240 g/mol. The van der Waals surface area contributed by atoms with E-state index < -0.39 is 0 Å². The summed E-state index contributed by atoms with van der Waals surface area (Å²) in [6, 6.07) is 8.25. The average Bonchev–Trinajstić information content (AvgIpc) is 2.84. The van der Waals surface area contributed by atoms with Gasteiger partial charge in [0.2, 0.25) is 0 Å². The van der Waals surface area contributed by atoms with Gasteiger partial charge in [-0.2, -0.15) is 0 Å². The summed E-state index contributed by atoms with van der Waals surface area (Å²) in [7, 11) is 3.58. The maximum absolute atomic E-state index is 5.43. The molecule has 0 aliphatic rings. The van der Waals surface area contributed by atoms with Crippen LogP contribution in [-0.2, 0) is 13.5 Å². The van der Waals surface area contributed by atoms with E-state index >= 15 is 0 Å². The molecular formula is C14H20N4O. The Kier molecular flexibility index (Phi) is 4.52. The number of ether oxygens (including phenoxy) is 1. The topological polar surface area (TPSA) is 52.0 Å². The third-order valence-corrected chi connectivity index (χ3v) is 3.03. The quantitative estimate of drug-likeness (QED) is 0.859. The minimum absolute atomic E-state index is 0.179.